The van der Waals surface area contributed by atoms with Gasteiger partial charge in [-0.1, -0.05) is 54.0 Å². The van der Waals surface area contributed by atoms with Gasteiger partial charge in [0.1, 0.15) is 0 Å². The minimum absolute atomic E-state index is 0.197. The highest BCUT2D eigenvalue weighted by Crippen LogP contribution is 2.68. The molecule has 118 valence electrons. The first kappa shape index (κ1) is 16.1. The lowest BCUT2D eigenvalue weighted by Crippen LogP contribution is -2.13. The first-order valence-electron chi connectivity index (χ1n) is 8.38. The van der Waals surface area contributed by atoms with Gasteiger partial charge in [-0.05, 0) is 62.1 Å². The highest BCUT2D eigenvalue weighted by atomic mass is 31.2. The summed E-state index contributed by atoms with van der Waals surface area (Å²) in [6, 6.07) is 0. The lowest BCUT2D eigenvalue weighted by atomic mass is 10.1. The molecule has 2 atom stereocenters. The first-order chi connectivity index (χ1) is 11.2. The number of hydrogen-bond donors (Lipinski definition) is 0. The third-order valence-corrected chi connectivity index (χ3v) is 8.31. The van der Waals surface area contributed by atoms with Gasteiger partial charge < -0.3 is 4.57 Å². The number of allylic oxidation sites excluding steroid dienone is 12. The molecule has 0 radical (unpaired) electrons. The highest BCUT2D eigenvalue weighted by molar-refractivity contribution is 7.73. The fourth-order valence-corrected chi connectivity index (χ4v) is 6.69. The van der Waals surface area contributed by atoms with E-state index in [1.807, 2.05) is 19.1 Å². The van der Waals surface area contributed by atoms with Crippen LogP contribution in [0.25, 0.3) is 0 Å². The van der Waals surface area contributed by atoms with Gasteiger partial charge in [0.2, 0.25) is 0 Å². The summed E-state index contributed by atoms with van der Waals surface area (Å²) in [6.45, 7) is 2.00. The molecule has 2 heteroatoms. The molecule has 3 aliphatic carbocycles. The molecule has 2 unspecified atom stereocenters. The van der Waals surface area contributed by atoms with Crippen molar-refractivity contribution in [2.75, 3.05) is 0 Å². The molecule has 3 aliphatic rings. The van der Waals surface area contributed by atoms with Crippen molar-refractivity contribution in [2.24, 2.45) is 0 Å². The summed E-state index contributed by atoms with van der Waals surface area (Å²) in [7, 11) is -2.65. The number of hydrogen-bond acceptors (Lipinski definition) is 1. The van der Waals surface area contributed by atoms with Crippen LogP contribution in [0.3, 0.4) is 0 Å². The molecule has 0 aromatic carbocycles. The van der Waals surface area contributed by atoms with E-state index in [1.165, 1.54) is 0 Å². The Labute approximate surface area is 139 Å². The molecule has 0 saturated carbocycles. The Morgan fingerprint density at radius 3 is 2.70 bits per heavy atom. The van der Waals surface area contributed by atoms with E-state index in [4.69, 9.17) is 0 Å². The van der Waals surface area contributed by atoms with Gasteiger partial charge in [-0.15, -0.1) is 0 Å². The van der Waals surface area contributed by atoms with Crippen molar-refractivity contribution >= 4 is 7.14 Å². The fourth-order valence-electron chi connectivity index (χ4n) is 3.32. The molecule has 23 heavy (non-hydrogen) atoms. The Kier molecular flexibility index (Phi) is 5.04. The summed E-state index contributed by atoms with van der Waals surface area (Å²) in [6.07, 6.45) is 23.5. The first-order valence-corrected chi connectivity index (χ1v) is 10.2. The molecule has 0 bridgehead atoms. The van der Waals surface area contributed by atoms with E-state index >= 15 is 0 Å². The summed E-state index contributed by atoms with van der Waals surface area (Å²) in [5.74, 6) is 0. The maximum Gasteiger partial charge on any atom is 0.150 e. The molecule has 0 heterocycles. The Bertz CT molecular complexity index is 773. The number of rotatable bonds is 3. The molecule has 3 rings (SSSR count). The highest BCUT2D eigenvalue weighted by Gasteiger charge is 2.38. The van der Waals surface area contributed by atoms with E-state index in [0.29, 0.717) is 0 Å². The van der Waals surface area contributed by atoms with Crippen LogP contribution in [0.4, 0.5) is 0 Å². The molecule has 0 aromatic heterocycles. The predicted molar refractivity (Wildman–Crippen MR) is 98.8 cm³/mol. The average molecular weight is 322 g/mol. The topological polar surface area (TPSA) is 17.1 Å². The van der Waals surface area contributed by atoms with Crippen molar-refractivity contribution in [2.45, 2.75) is 44.7 Å². The van der Waals surface area contributed by atoms with Gasteiger partial charge in [-0.25, -0.2) is 0 Å². The van der Waals surface area contributed by atoms with Crippen molar-refractivity contribution in [1.82, 2.24) is 0 Å². The summed E-state index contributed by atoms with van der Waals surface area (Å²) in [5.41, 5.74) is 7.59. The van der Waals surface area contributed by atoms with Crippen molar-refractivity contribution in [3.8, 4) is 0 Å². The van der Waals surface area contributed by atoms with Gasteiger partial charge in [-0.3, -0.25) is 0 Å². The van der Waals surface area contributed by atoms with E-state index in [1.54, 1.807) is 0 Å². The Hall–Kier alpha value is -1.77. The van der Waals surface area contributed by atoms with Gasteiger partial charge in [0, 0.05) is 5.66 Å². The van der Waals surface area contributed by atoms with Crippen LogP contribution < -0.4 is 0 Å². The van der Waals surface area contributed by atoms with Crippen LogP contribution >= 0.6 is 7.14 Å². The molecule has 0 N–H and O–H groups in total. The second-order valence-corrected chi connectivity index (χ2v) is 9.34. The second kappa shape index (κ2) is 7.20. The standard InChI is InChI=1S/C21H23OP/c1-18-14-16-21(17-15-18)23(22,20-12-8-5-9-13-20)19-10-6-3-2-4-7-11-19/h2-6,8,11,14,16,20H,7,9-10,12-13H2,1H3/b4-2-,6-3-,19-11+. The SMILES string of the molecule is CC1=C=C=C(P(=O)(/C2=C/C/C=C\C=C/C2)C2CC=CCC2)C=C1. The predicted octanol–water partition coefficient (Wildman–Crippen LogP) is 6.40. The van der Waals surface area contributed by atoms with Crippen LogP contribution in [0.1, 0.15) is 39.0 Å². The van der Waals surface area contributed by atoms with Gasteiger partial charge in [0.25, 0.3) is 0 Å². The van der Waals surface area contributed by atoms with Crippen LogP contribution in [-0.2, 0) is 4.57 Å². The van der Waals surface area contributed by atoms with E-state index in [2.05, 4.69) is 54.0 Å². The normalized spacial score (nSPS) is 31.0. The molecule has 0 aromatic rings. The van der Waals surface area contributed by atoms with Crippen LogP contribution in [0.15, 0.2) is 82.3 Å². The molecule has 0 aliphatic heterocycles. The Balaban J connectivity index is 2.11. The lowest BCUT2D eigenvalue weighted by Gasteiger charge is -2.31. The van der Waals surface area contributed by atoms with E-state index in [0.717, 1.165) is 48.3 Å². The zero-order valence-electron chi connectivity index (χ0n) is 13.7. The summed E-state index contributed by atoms with van der Waals surface area (Å²) >= 11 is 0. The van der Waals surface area contributed by atoms with Crippen molar-refractivity contribution in [3.05, 3.63) is 82.3 Å². The Morgan fingerprint density at radius 2 is 1.96 bits per heavy atom. The van der Waals surface area contributed by atoms with Crippen LogP contribution in [0, 0.1) is 0 Å². The Morgan fingerprint density at radius 1 is 1.09 bits per heavy atom. The van der Waals surface area contributed by atoms with Gasteiger partial charge in [0.15, 0.2) is 7.14 Å². The van der Waals surface area contributed by atoms with Crippen molar-refractivity contribution in [3.63, 3.8) is 0 Å². The van der Waals surface area contributed by atoms with Gasteiger partial charge in [0.05, 0.1) is 5.31 Å². The maximum atomic E-state index is 14.3. The smallest absolute Gasteiger partial charge is 0.150 e. The van der Waals surface area contributed by atoms with Crippen LogP contribution in [0.5, 0.6) is 0 Å². The minimum Gasteiger partial charge on any atom is -0.313 e. The monoisotopic (exact) mass is 322 g/mol. The van der Waals surface area contributed by atoms with E-state index < -0.39 is 7.14 Å². The van der Waals surface area contributed by atoms with Crippen molar-refractivity contribution in [1.29, 1.82) is 0 Å². The summed E-state index contributed by atoms with van der Waals surface area (Å²) in [4.78, 5) is 0. The molecule has 0 saturated heterocycles. The molecular weight excluding hydrogens is 299 g/mol. The zero-order chi connectivity index (χ0) is 16.1. The van der Waals surface area contributed by atoms with Crippen LogP contribution in [-0.4, -0.2) is 5.66 Å². The minimum atomic E-state index is -2.65. The van der Waals surface area contributed by atoms with E-state index in [-0.39, 0.29) is 5.66 Å². The largest absolute Gasteiger partial charge is 0.313 e. The molecular formula is C21H23OP. The van der Waals surface area contributed by atoms with E-state index in [9.17, 15) is 4.57 Å². The molecule has 0 fully saturated rings. The maximum absolute atomic E-state index is 14.3. The lowest BCUT2D eigenvalue weighted by molar-refractivity contribution is 0.564. The quantitative estimate of drug-likeness (QED) is 0.334. The van der Waals surface area contributed by atoms with Crippen LogP contribution in [0.2, 0.25) is 0 Å². The zero-order valence-corrected chi connectivity index (χ0v) is 14.6. The second-order valence-electron chi connectivity index (χ2n) is 6.24. The molecule has 0 amide bonds. The third-order valence-electron chi connectivity index (χ3n) is 4.62. The molecule has 1 nitrogen and oxygen atoms in total. The van der Waals surface area contributed by atoms with Gasteiger partial charge in [-0.2, -0.15) is 0 Å². The van der Waals surface area contributed by atoms with Crippen molar-refractivity contribution < 1.29 is 4.57 Å². The third kappa shape index (κ3) is 3.44. The summed E-state index contributed by atoms with van der Waals surface area (Å²) < 4.78 is 14.3. The summed E-state index contributed by atoms with van der Waals surface area (Å²) in [5, 5.41) is 1.94. The molecule has 0 spiro atoms. The average Bonchev–Trinajstić information content (AvgIpc) is 2.55. The fraction of sp³-hybridized carbons (Fsp3) is 0.333. The van der Waals surface area contributed by atoms with Gasteiger partial charge >= 0.3 is 0 Å².